The lowest BCUT2D eigenvalue weighted by molar-refractivity contribution is 0.411. The number of aromatic nitrogens is 1. The van der Waals surface area contributed by atoms with Crippen molar-refractivity contribution in [2.75, 3.05) is 13.7 Å². The fourth-order valence-corrected chi connectivity index (χ4v) is 2.93. The first-order valence-corrected chi connectivity index (χ1v) is 7.87. The second-order valence-electron chi connectivity index (χ2n) is 4.91. The van der Waals surface area contributed by atoms with Gasteiger partial charge in [-0.05, 0) is 37.1 Å². The minimum absolute atomic E-state index is 0.333. The molecule has 20 heavy (non-hydrogen) atoms. The number of hydrogen-bond acceptors (Lipinski definition) is 4. The fourth-order valence-electron chi connectivity index (χ4n) is 2.29. The first kappa shape index (κ1) is 15.0. The van der Waals surface area contributed by atoms with Gasteiger partial charge in [0.2, 0.25) is 0 Å². The van der Waals surface area contributed by atoms with E-state index in [-0.39, 0.29) is 0 Å². The second-order valence-corrected chi connectivity index (χ2v) is 5.88. The zero-order valence-electron chi connectivity index (χ0n) is 12.3. The summed E-state index contributed by atoms with van der Waals surface area (Å²) in [5, 5.41) is 3.63. The molecule has 0 aliphatic rings. The van der Waals surface area contributed by atoms with Gasteiger partial charge >= 0.3 is 0 Å². The average Bonchev–Trinajstić information content (AvgIpc) is 2.96. The highest BCUT2D eigenvalue weighted by Gasteiger charge is 2.13. The molecule has 4 heteroatoms. The maximum atomic E-state index is 5.34. The van der Waals surface area contributed by atoms with Crippen LogP contribution in [0.2, 0.25) is 0 Å². The highest BCUT2D eigenvalue weighted by molar-refractivity contribution is 7.09. The number of aryl methyl sites for hydroxylation is 1. The Morgan fingerprint density at radius 3 is 2.85 bits per heavy atom. The summed E-state index contributed by atoms with van der Waals surface area (Å²) >= 11 is 1.72. The van der Waals surface area contributed by atoms with Crippen LogP contribution >= 0.6 is 11.3 Å². The highest BCUT2D eigenvalue weighted by Crippen LogP contribution is 2.25. The Balaban J connectivity index is 2.18. The van der Waals surface area contributed by atoms with Gasteiger partial charge in [-0.2, -0.15) is 0 Å². The van der Waals surface area contributed by atoms with E-state index in [1.807, 2.05) is 11.7 Å². The molecule has 1 unspecified atom stereocenters. The Morgan fingerprint density at radius 1 is 1.40 bits per heavy atom. The van der Waals surface area contributed by atoms with Crippen LogP contribution in [0.4, 0.5) is 0 Å². The number of nitrogens with one attached hydrogen (secondary N) is 1. The third-order valence-electron chi connectivity index (χ3n) is 3.35. The summed E-state index contributed by atoms with van der Waals surface area (Å²) in [5.41, 5.74) is 4.38. The van der Waals surface area contributed by atoms with Crippen molar-refractivity contribution < 1.29 is 4.74 Å². The largest absolute Gasteiger partial charge is 0.496 e. The molecular weight excluding hydrogens is 268 g/mol. The topological polar surface area (TPSA) is 34.2 Å². The summed E-state index contributed by atoms with van der Waals surface area (Å²) in [6, 6.07) is 6.76. The number of benzene rings is 1. The van der Waals surface area contributed by atoms with Crippen molar-refractivity contribution in [3.05, 3.63) is 45.9 Å². The molecule has 0 saturated heterocycles. The monoisotopic (exact) mass is 290 g/mol. The zero-order chi connectivity index (χ0) is 14.4. The molecule has 0 saturated carbocycles. The maximum Gasteiger partial charge on any atom is 0.121 e. The molecule has 0 bridgehead atoms. The Kier molecular flexibility index (Phi) is 5.56. The molecule has 0 aliphatic carbocycles. The highest BCUT2D eigenvalue weighted by atomic mass is 32.1. The van der Waals surface area contributed by atoms with Crippen LogP contribution in [-0.4, -0.2) is 18.6 Å². The first-order valence-electron chi connectivity index (χ1n) is 7.00. The minimum Gasteiger partial charge on any atom is -0.496 e. The van der Waals surface area contributed by atoms with Gasteiger partial charge in [-0.25, -0.2) is 0 Å². The van der Waals surface area contributed by atoms with Crippen molar-refractivity contribution in [3.8, 4) is 5.75 Å². The number of thiazole rings is 1. The van der Waals surface area contributed by atoms with Crippen LogP contribution in [0.15, 0.2) is 29.9 Å². The van der Waals surface area contributed by atoms with Crippen molar-refractivity contribution in [1.82, 2.24) is 10.3 Å². The van der Waals surface area contributed by atoms with E-state index < -0.39 is 0 Å². The molecule has 2 aromatic rings. The Labute approximate surface area is 125 Å². The van der Waals surface area contributed by atoms with E-state index in [0.29, 0.717) is 6.04 Å². The van der Waals surface area contributed by atoms with E-state index in [1.165, 1.54) is 16.0 Å². The number of rotatable bonds is 7. The molecule has 2 rings (SSSR count). The molecule has 1 aromatic carbocycles. The van der Waals surface area contributed by atoms with Gasteiger partial charge in [0, 0.05) is 23.5 Å². The number of ether oxygens (including phenoxy) is 1. The van der Waals surface area contributed by atoms with Crippen molar-refractivity contribution in [1.29, 1.82) is 0 Å². The van der Waals surface area contributed by atoms with Crippen LogP contribution in [0.1, 0.15) is 35.4 Å². The van der Waals surface area contributed by atoms with Crippen molar-refractivity contribution in [3.63, 3.8) is 0 Å². The predicted molar refractivity (Wildman–Crippen MR) is 84.6 cm³/mol. The molecule has 1 heterocycles. The lowest BCUT2D eigenvalue weighted by Crippen LogP contribution is -2.24. The van der Waals surface area contributed by atoms with Gasteiger partial charge < -0.3 is 10.1 Å². The average molecular weight is 290 g/mol. The van der Waals surface area contributed by atoms with E-state index in [4.69, 9.17) is 4.74 Å². The third kappa shape index (κ3) is 3.81. The SMILES string of the molecule is CCCNC(Cc1cncs1)c1ccc(OC)c(C)c1. The smallest absolute Gasteiger partial charge is 0.121 e. The Bertz CT molecular complexity index is 525. The van der Waals surface area contributed by atoms with E-state index >= 15 is 0 Å². The molecule has 1 atom stereocenters. The van der Waals surface area contributed by atoms with Gasteiger partial charge in [-0.15, -0.1) is 11.3 Å². The minimum atomic E-state index is 0.333. The summed E-state index contributed by atoms with van der Waals surface area (Å²) in [5.74, 6) is 0.945. The van der Waals surface area contributed by atoms with E-state index in [2.05, 4.69) is 42.3 Å². The molecular formula is C16H22N2OS. The summed E-state index contributed by atoms with van der Waals surface area (Å²) < 4.78 is 5.34. The fraction of sp³-hybridized carbons (Fsp3) is 0.438. The van der Waals surface area contributed by atoms with Crippen LogP contribution in [0, 0.1) is 6.92 Å². The molecule has 1 N–H and O–H groups in total. The van der Waals surface area contributed by atoms with Crippen LogP contribution in [0.5, 0.6) is 5.75 Å². The summed E-state index contributed by atoms with van der Waals surface area (Å²) in [6.45, 7) is 5.30. The predicted octanol–water partition coefficient (Wildman–Crippen LogP) is 3.74. The van der Waals surface area contributed by atoms with Gasteiger partial charge in [0.15, 0.2) is 0 Å². The molecule has 0 amide bonds. The van der Waals surface area contributed by atoms with Crippen molar-refractivity contribution in [2.24, 2.45) is 0 Å². The third-order valence-corrected chi connectivity index (χ3v) is 4.15. The Morgan fingerprint density at radius 2 is 2.25 bits per heavy atom. The van der Waals surface area contributed by atoms with E-state index in [0.717, 1.165) is 25.1 Å². The lowest BCUT2D eigenvalue weighted by atomic mass is 10.0. The van der Waals surface area contributed by atoms with Crippen LogP contribution < -0.4 is 10.1 Å². The van der Waals surface area contributed by atoms with Crippen LogP contribution in [0.25, 0.3) is 0 Å². The van der Waals surface area contributed by atoms with Crippen LogP contribution in [-0.2, 0) is 6.42 Å². The van der Waals surface area contributed by atoms with Gasteiger partial charge in [0.25, 0.3) is 0 Å². The van der Waals surface area contributed by atoms with Crippen molar-refractivity contribution in [2.45, 2.75) is 32.7 Å². The molecule has 1 aromatic heterocycles. The maximum absolute atomic E-state index is 5.34. The molecule has 0 radical (unpaired) electrons. The number of hydrogen-bond donors (Lipinski definition) is 1. The molecule has 0 aliphatic heterocycles. The number of methoxy groups -OCH3 is 1. The van der Waals surface area contributed by atoms with Gasteiger partial charge in [-0.1, -0.05) is 19.1 Å². The van der Waals surface area contributed by atoms with E-state index in [1.54, 1.807) is 18.4 Å². The second kappa shape index (κ2) is 7.41. The summed E-state index contributed by atoms with van der Waals surface area (Å²) in [6.07, 6.45) is 4.08. The van der Waals surface area contributed by atoms with E-state index in [9.17, 15) is 0 Å². The quantitative estimate of drug-likeness (QED) is 0.843. The van der Waals surface area contributed by atoms with Gasteiger partial charge in [0.05, 0.1) is 12.6 Å². The summed E-state index contributed by atoms with van der Waals surface area (Å²) in [4.78, 5) is 5.48. The molecule has 0 spiro atoms. The standard InChI is InChI=1S/C16H22N2OS/c1-4-7-18-15(9-14-10-17-11-20-14)13-5-6-16(19-3)12(2)8-13/h5-6,8,10-11,15,18H,4,7,9H2,1-3H3. The molecule has 0 fully saturated rings. The first-order chi connectivity index (χ1) is 9.74. The zero-order valence-corrected chi connectivity index (χ0v) is 13.2. The van der Waals surface area contributed by atoms with Gasteiger partial charge in [0.1, 0.15) is 5.75 Å². The van der Waals surface area contributed by atoms with Gasteiger partial charge in [-0.3, -0.25) is 4.98 Å². The molecule has 108 valence electrons. The Hall–Kier alpha value is -1.39. The molecule has 3 nitrogen and oxygen atoms in total. The summed E-state index contributed by atoms with van der Waals surface area (Å²) in [7, 11) is 1.71. The van der Waals surface area contributed by atoms with Crippen LogP contribution in [0.3, 0.4) is 0 Å². The lowest BCUT2D eigenvalue weighted by Gasteiger charge is -2.19. The van der Waals surface area contributed by atoms with Crippen molar-refractivity contribution >= 4 is 11.3 Å². The number of nitrogens with zero attached hydrogens (tertiary/aromatic N) is 1. The normalized spacial score (nSPS) is 12.3.